The molecule has 160 valence electrons. The Kier molecular flexibility index (Phi) is 7.29. The van der Waals surface area contributed by atoms with Crippen LogP contribution in [0.3, 0.4) is 0 Å². The fourth-order valence-corrected chi connectivity index (χ4v) is 3.93. The van der Waals surface area contributed by atoms with Gasteiger partial charge in [-0.2, -0.15) is 0 Å². The zero-order valence-electron chi connectivity index (χ0n) is 16.3. The summed E-state index contributed by atoms with van der Waals surface area (Å²) in [5.41, 5.74) is 1.73. The Balaban J connectivity index is 0.000000171. The molecule has 4 nitrogen and oxygen atoms in total. The van der Waals surface area contributed by atoms with Gasteiger partial charge in [0.15, 0.2) is 0 Å². The third-order valence-electron chi connectivity index (χ3n) is 5.33. The second-order valence-corrected chi connectivity index (χ2v) is 9.00. The molecule has 0 N–H and O–H groups in total. The number of esters is 2. The lowest BCUT2D eigenvalue weighted by molar-refractivity contribution is -0.143. The molecule has 0 saturated heterocycles. The lowest BCUT2D eigenvalue weighted by Gasteiger charge is -2.01. The second-order valence-electron chi connectivity index (χ2n) is 7.29. The van der Waals surface area contributed by atoms with Crippen LogP contribution in [0, 0.1) is 23.5 Å². The van der Waals surface area contributed by atoms with Gasteiger partial charge in [-0.25, -0.2) is 8.78 Å². The minimum absolute atomic E-state index is 0.0874. The number of benzene rings is 2. The number of methoxy groups -OCH3 is 2. The summed E-state index contributed by atoms with van der Waals surface area (Å²) in [4.78, 5) is 22.4. The maximum Gasteiger partial charge on any atom is 0.309 e. The molecule has 4 atom stereocenters. The molecule has 2 aliphatic carbocycles. The van der Waals surface area contributed by atoms with E-state index < -0.39 is 0 Å². The van der Waals surface area contributed by atoms with Crippen molar-refractivity contribution < 1.29 is 27.8 Å². The molecular formula is C22H20Br2F2O4. The third-order valence-corrected chi connectivity index (χ3v) is 6.62. The van der Waals surface area contributed by atoms with Crippen LogP contribution in [0.4, 0.5) is 8.78 Å². The van der Waals surface area contributed by atoms with Crippen LogP contribution in [0.25, 0.3) is 0 Å². The van der Waals surface area contributed by atoms with E-state index in [-0.39, 0.29) is 47.2 Å². The van der Waals surface area contributed by atoms with E-state index in [1.165, 1.54) is 26.4 Å². The molecule has 0 heterocycles. The highest BCUT2D eigenvalue weighted by molar-refractivity contribution is 9.10. The van der Waals surface area contributed by atoms with Crippen molar-refractivity contribution in [2.24, 2.45) is 11.8 Å². The van der Waals surface area contributed by atoms with Gasteiger partial charge in [0.25, 0.3) is 0 Å². The van der Waals surface area contributed by atoms with Gasteiger partial charge in [-0.15, -0.1) is 0 Å². The second kappa shape index (κ2) is 9.56. The van der Waals surface area contributed by atoms with E-state index in [2.05, 4.69) is 41.3 Å². The van der Waals surface area contributed by atoms with Gasteiger partial charge in [0.1, 0.15) is 11.6 Å². The molecule has 0 radical (unpaired) electrons. The molecule has 0 spiro atoms. The molecule has 2 saturated carbocycles. The van der Waals surface area contributed by atoms with E-state index in [1.54, 1.807) is 12.1 Å². The Bertz CT molecular complexity index is 889. The number of rotatable bonds is 4. The average Bonchev–Trinajstić information content (AvgIpc) is 3.65. The van der Waals surface area contributed by atoms with Crippen LogP contribution >= 0.6 is 31.9 Å². The van der Waals surface area contributed by atoms with E-state index >= 15 is 0 Å². The largest absolute Gasteiger partial charge is 0.469 e. The van der Waals surface area contributed by atoms with Crippen molar-refractivity contribution in [1.29, 1.82) is 0 Å². The number of ether oxygens (including phenoxy) is 2. The lowest BCUT2D eigenvalue weighted by atomic mass is 10.1. The molecule has 2 aromatic carbocycles. The van der Waals surface area contributed by atoms with Crippen molar-refractivity contribution in [3.63, 3.8) is 0 Å². The molecular weight excluding hydrogens is 526 g/mol. The molecule has 2 aliphatic rings. The Morgan fingerprint density at radius 3 is 1.47 bits per heavy atom. The minimum Gasteiger partial charge on any atom is -0.469 e. The molecule has 2 aromatic rings. The molecule has 0 bridgehead atoms. The summed E-state index contributed by atoms with van der Waals surface area (Å²) in [7, 11) is 2.75. The van der Waals surface area contributed by atoms with Gasteiger partial charge in [-0.3, -0.25) is 9.59 Å². The van der Waals surface area contributed by atoms with Crippen molar-refractivity contribution in [1.82, 2.24) is 0 Å². The van der Waals surface area contributed by atoms with E-state index in [4.69, 9.17) is 0 Å². The molecule has 0 aromatic heterocycles. The van der Waals surface area contributed by atoms with Gasteiger partial charge >= 0.3 is 11.9 Å². The van der Waals surface area contributed by atoms with Gasteiger partial charge in [0.2, 0.25) is 0 Å². The normalized spacial score (nSPS) is 23.7. The number of hydrogen-bond donors (Lipinski definition) is 0. The topological polar surface area (TPSA) is 52.6 Å². The van der Waals surface area contributed by atoms with Gasteiger partial charge < -0.3 is 9.47 Å². The van der Waals surface area contributed by atoms with Gasteiger partial charge in [0, 0.05) is 0 Å². The molecule has 0 amide bonds. The quantitative estimate of drug-likeness (QED) is 0.460. The summed E-state index contributed by atoms with van der Waals surface area (Å²) >= 11 is 6.18. The highest BCUT2D eigenvalue weighted by atomic mass is 79.9. The Morgan fingerprint density at radius 2 is 1.17 bits per heavy atom. The number of hydrogen-bond acceptors (Lipinski definition) is 4. The summed E-state index contributed by atoms with van der Waals surface area (Å²) in [6.07, 6.45) is 1.52. The van der Waals surface area contributed by atoms with E-state index in [9.17, 15) is 18.4 Å². The summed E-state index contributed by atoms with van der Waals surface area (Å²) in [6.45, 7) is 0. The van der Waals surface area contributed by atoms with Crippen LogP contribution in [0.2, 0.25) is 0 Å². The van der Waals surface area contributed by atoms with Crippen LogP contribution in [-0.4, -0.2) is 26.2 Å². The molecule has 0 unspecified atom stereocenters. The van der Waals surface area contributed by atoms with E-state index in [0.717, 1.165) is 24.0 Å². The average molecular weight is 546 g/mol. The van der Waals surface area contributed by atoms with Crippen molar-refractivity contribution in [3.8, 4) is 0 Å². The van der Waals surface area contributed by atoms with Crippen molar-refractivity contribution >= 4 is 43.8 Å². The van der Waals surface area contributed by atoms with Crippen LogP contribution < -0.4 is 0 Å². The molecule has 8 heteroatoms. The highest BCUT2D eigenvalue weighted by Crippen LogP contribution is 2.49. The fourth-order valence-electron chi connectivity index (χ4n) is 3.44. The van der Waals surface area contributed by atoms with Crippen LogP contribution in [-0.2, 0) is 19.1 Å². The Hall–Kier alpha value is -1.80. The third kappa shape index (κ3) is 5.27. The first-order chi connectivity index (χ1) is 14.3. The zero-order chi connectivity index (χ0) is 22.0. The van der Waals surface area contributed by atoms with Gasteiger partial charge in [-0.05, 0) is 91.9 Å². The fraction of sp³-hybridized carbons (Fsp3) is 0.364. The SMILES string of the molecule is COC(=O)[C@@H]1C[C@H]1c1ccc(Br)c(F)c1.COC(=O)[C@H]1C[C@@H]1c1ccc(Br)c(F)c1. The summed E-state index contributed by atoms with van der Waals surface area (Å²) in [5, 5.41) is 0. The number of halogens is 4. The van der Waals surface area contributed by atoms with Gasteiger partial charge in [0.05, 0.1) is 35.0 Å². The Morgan fingerprint density at radius 1 is 0.800 bits per heavy atom. The highest BCUT2D eigenvalue weighted by Gasteiger charge is 2.45. The van der Waals surface area contributed by atoms with Gasteiger partial charge in [-0.1, -0.05) is 12.1 Å². The first kappa shape index (κ1) is 22.9. The summed E-state index contributed by atoms with van der Waals surface area (Å²) in [5.74, 6) is -0.913. The van der Waals surface area contributed by atoms with Crippen LogP contribution in [0.15, 0.2) is 45.3 Å². The van der Waals surface area contributed by atoms with Crippen LogP contribution in [0.5, 0.6) is 0 Å². The predicted octanol–water partition coefficient (Wildman–Crippen LogP) is 5.73. The standard InChI is InChI=1S/2C11H10BrFO2/c2*1-15-11(14)8-5-7(8)6-2-3-9(12)10(13)4-6/h2*2-4,7-8H,5H2,1H3/t2*7-,8+/m10/s1. The lowest BCUT2D eigenvalue weighted by Crippen LogP contribution is -2.03. The van der Waals surface area contributed by atoms with E-state index in [1.807, 2.05) is 12.1 Å². The molecule has 2 fully saturated rings. The number of carbonyl (C=O) groups excluding carboxylic acids is 2. The predicted molar refractivity (Wildman–Crippen MR) is 114 cm³/mol. The summed E-state index contributed by atoms with van der Waals surface area (Å²) < 4.78 is 36.6. The molecule has 0 aliphatic heterocycles. The molecule has 30 heavy (non-hydrogen) atoms. The molecule has 4 rings (SSSR count). The first-order valence-electron chi connectivity index (χ1n) is 9.32. The van der Waals surface area contributed by atoms with Crippen molar-refractivity contribution in [2.45, 2.75) is 24.7 Å². The zero-order valence-corrected chi connectivity index (χ0v) is 19.5. The number of carbonyl (C=O) groups is 2. The van der Waals surface area contributed by atoms with Crippen molar-refractivity contribution in [2.75, 3.05) is 14.2 Å². The monoisotopic (exact) mass is 544 g/mol. The smallest absolute Gasteiger partial charge is 0.309 e. The summed E-state index contributed by atoms with van der Waals surface area (Å²) in [6, 6.07) is 9.94. The van der Waals surface area contributed by atoms with Crippen molar-refractivity contribution in [3.05, 3.63) is 68.1 Å². The minimum atomic E-state index is -0.289. The maximum absolute atomic E-state index is 13.2. The maximum atomic E-state index is 13.2. The van der Waals surface area contributed by atoms with Crippen LogP contribution in [0.1, 0.15) is 35.8 Å². The van der Waals surface area contributed by atoms with E-state index in [0.29, 0.717) is 8.95 Å². The Labute approximate surface area is 190 Å². The first-order valence-corrected chi connectivity index (χ1v) is 10.9.